The summed E-state index contributed by atoms with van der Waals surface area (Å²) in [4.78, 5) is 0. The fourth-order valence-electron chi connectivity index (χ4n) is 12.2. The molecule has 0 bridgehead atoms. The highest BCUT2D eigenvalue weighted by molar-refractivity contribution is 7.00. The van der Waals surface area contributed by atoms with Crippen LogP contribution in [-0.2, 0) is 0 Å². The van der Waals surface area contributed by atoms with Crippen molar-refractivity contribution in [1.29, 1.82) is 0 Å². The van der Waals surface area contributed by atoms with E-state index >= 15 is 0 Å². The SMILES string of the molecule is CC1=C(C2CCC(C)CC2)C(C2CCC(C)CC2)=C(C2=C(C3CCC(C)CC3)C(C3CCC(C)CC3)=C(C(C)C)[Si]2(C)C)[Si]1(C)C. The van der Waals surface area contributed by atoms with Crippen molar-refractivity contribution in [2.75, 3.05) is 0 Å². The molecule has 0 atom stereocenters. The Labute approximate surface area is 288 Å². The lowest BCUT2D eigenvalue weighted by Crippen LogP contribution is -2.41. The normalized spacial score (nSPS) is 38.9. The van der Waals surface area contributed by atoms with E-state index in [0.717, 1.165) is 47.3 Å². The molecule has 2 aliphatic heterocycles. The minimum atomic E-state index is -1.87. The van der Waals surface area contributed by atoms with Gasteiger partial charge in [-0.3, -0.25) is 0 Å². The van der Waals surface area contributed by atoms with Gasteiger partial charge in [0, 0.05) is 0 Å². The van der Waals surface area contributed by atoms with E-state index in [-0.39, 0.29) is 0 Å². The zero-order valence-corrected chi connectivity index (χ0v) is 34.5. The van der Waals surface area contributed by atoms with Crippen LogP contribution >= 0.6 is 0 Å². The summed E-state index contributed by atoms with van der Waals surface area (Å²) in [6.07, 6.45) is 23.2. The Morgan fingerprint density at radius 3 is 1.04 bits per heavy atom. The molecule has 4 aliphatic carbocycles. The molecule has 0 aromatic carbocycles. The Morgan fingerprint density at radius 1 is 0.413 bits per heavy atom. The third kappa shape index (κ3) is 6.29. The van der Waals surface area contributed by atoms with Crippen LogP contribution in [0.1, 0.15) is 151 Å². The zero-order chi connectivity index (χ0) is 33.1. The summed E-state index contributed by atoms with van der Waals surface area (Å²) in [5.74, 6) is 7.65. The molecule has 0 N–H and O–H groups in total. The van der Waals surface area contributed by atoms with Gasteiger partial charge in [0.25, 0.3) is 0 Å². The Balaban J connectivity index is 1.61. The fourth-order valence-corrected chi connectivity index (χ4v) is 21.8. The average Bonchev–Trinajstić information content (AvgIpc) is 3.37. The molecule has 0 saturated heterocycles. The van der Waals surface area contributed by atoms with E-state index in [2.05, 4.69) is 85.0 Å². The third-order valence-electron chi connectivity index (χ3n) is 15.2. The molecule has 2 heterocycles. The molecular weight excluding hydrogens is 585 g/mol. The molecule has 4 fully saturated rings. The minimum absolute atomic E-state index is 0.685. The second-order valence-electron chi connectivity index (χ2n) is 19.7. The molecule has 0 nitrogen and oxygen atoms in total. The molecule has 0 aromatic heterocycles. The van der Waals surface area contributed by atoms with Crippen LogP contribution < -0.4 is 0 Å². The van der Waals surface area contributed by atoms with Gasteiger partial charge in [-0.1, -0.05) is 140 Å². The summed E-state index contributed by atoms with van der Waals surface area (Å²) < 4.78 is 0. The van der Waals surface area contributed by atoms with Gasteiger partial charge in [-0.25, -0.2) is 0 Å². The highest BCUT2D eigenvalue weighted by Gasteiger charge is 2.54. The molecule has 0 spiro atoms. The van der Waals surface area contributed by atoms with Crippen LogP contribution in [0.25, 0.3) is 0 Å². The van der Waals surface area contributed by atoms with Crippen molar-refractivity contribution in [1.82, 2.24) is 0 Å². The Hall–Kier alpha value is -0.606. The van der Waals surface area contributed by atoms with Gasteiger partial charge in [0.05, 0.1) is 0 Å². The summed E-state index contributed by atoms with van der Waals surface area (Å²) in [5.41, 5.74) is 8.01. The van der Waals surface area contributed by atoms with Gasteiger partial charge in [-0.2, -0.15) is 0 Å². The van der Waals surface area contributed by atoms with E-state index in [9.17, 15) is 0 Å². The van der Waals surface area contributed by atoms with Crippen molar-refractivity contribution in [3.63, 3.8) is 0 Å². The zero-order valence-electron chi connectivity index (χ0n) is 32.5. The second kappa shape index (κ2) is 13.6. The first kappa shape index (κ1) is 35.2. The Morgan fingerprint density at radius 2 is 0.696 bits per heavy atom. The fraction of sp³-hybridized carbons (Fsp3) is 0.818. The number of hydrogen-bond acceptors (Lipinski definition) is 0. The van der Waals surface area contributed by atoms with Crippen molar-refractivity contribution in [3.05, 3.63) is 43.1 Å². The quantitative estimate of drug-likeness (QED) is 0.249. The lowest BCUT2D eigenvalue weighted by molar-refractivity contribution is 0.299. The molecule has 2 heteroatoms. The van der Waals surface area contributed by atoms with Gasteiger partial charge >= 0.3 is 0 Å². The lowest BCUT2D eigenvalue weighted by Gasteiger charge is -2.39. The first-order valence-corrected chi connectivity index (χ1v) is 26.7. The maximum Gasteiger partial charge on any atom is 0.108 e. The summed E-state index contributed by atoms with van der Waals surface area (Å²) in [6, 6.07) is 0. The molecule has 0 radical (unpaired) electrons. The molecule has 0 amide bonds. The molecular formula is C44H74Si2. The van der Waals surface area contributed by atoms with E-state index in [0.29, 0.717) is 5.92 Å². The molecule has 6 rings (SSSR count). The van der Waals surface area contributed by atoms with Crippen LogP contribution in [0.2, 0.25) is 26.2 Å². The predicted octanol–water partition coefficient (Wildman–Crippen LogP) is 13.8. The summed E-state index contributed by atoms with van der Waals surface area (Å²) in [5, 5.41) is 8.09. The molecule has 6 aliphatic rings. The standard InChI is InChI=1S/C44H74Si2/c1-28(2)42-40(36-24-16-31(5)17-25-36)41(37-26-18-32(6)19-27-37)44(46(42,10)11)43-39(35-22-14-30(4)15-23-35)38(33(7)45(43,8)9)34-20-12-29(3)13-21-34/h28-32,34-37H,12-27H2,1-11H3. The van der Waals surface area contributed by atoms with Gasteiger partial charge in [-0.05, 0) is 134 Å². The summed E-state index contributed by atoms with van der Waals surface area (Å²) >= 11 is 0. The predicted molar refractivity (Wildman–Crippen MR) is 208 cm³/mol. The van der Waals surface area contributed by atoms with Crippen LogP contribution in [0.5, 0.6) is 0 Å². The maximum atomic E-state index is 2.87. The average molecular weight is 659 g/mol. The number of hydrogen-bond donors (Lipinski definition) is 0. The molecule has 0 unspecified atom stereocenters. The summed E-state index contributed by atoms with van der Waals surface area (Å²) in [6.45, 7) is 29.5. The largest absolute Gasteiger partial charge is 0.108 e. The van der Waals surface area contributed by atoms with Crippen molar-refractivity contribution < 1.29 is 0 Å². The number of allylic oxidation sites excluding steroid dienone is 8. The highest BCUT2D eigenvalue weighted by atomic mass is 28.3. The van der Waals surface area contributed by atoms with Gasteiger partial charge in [-0.15, -0.1) is 0 Å². The second-order valence-corrected chi connectivity index (χ2v) is 28.5. The Kier molecular flexibility index (Phi) is 10.4. The molecule has 0 aromatic rings. The topological polar surface area (TPSA) is 0 Å². The van der Waals surface area contributed by atoms with Crippen LogP contribution in [0, 0.1) is 53.3 Å². The molecule has 258 valence electrons. The highest BCUT2D eigenvalue weighted by Crippen LogP contribution is 2.61. The van der Waals surface area contributed by atoms with E-state index in [1.807, 2.05) is 32.7 Å². The van der Waals surface area contributed by atoms with Gasteiger partial charge in [0.1, 0.15) is 16.1 Å². The van der Waals surface area contributed by atoms with Crippen LogP contribution in [0.15, 0.2) is 43.1 Å². The van der Waals surface area contributed by atoms with Crippen LogP contribution in [-0.4, -0.2) is 16.1 Å². The smallest absolute Gasteiger partial charge is 0.0754 e. The molecule has 46 heavy (non-hydrogen) atoms. The Bertz CT molecular complexity index is 1250. The van der Waals surface area contributed by atoms with Gasteiger partial charge in [0.2, 0.25) is 0 Å². The van der Waals surface area contributed by atoms with E-state index < -0.39 is 16.1 Å². The van der Waals surface area contributed by atoms with Crippen molar-refractivity contribution in [2.45, 2.75) is 177 Å². The van der Waals surface area contributed by atoms with Crippen LogP contribution in [0.4, 0.5) is 0 Å². The first-order valence-electron chi connectivity index (χ1n) is 20.7. The van der Waals surface area contributed by atoms with Crippen molar-refractivity contribution in [2.24, 2.45) is 53.3 Å². The summed E-state index contributed by atoms with van der Waals surface area (Å²) in [7, 11) is -3.69. The lowest BCUT2D eigenvalue weighted by atomic mass is 9.69. The van der Waals surface area contributed by atoms with Gasteiger partial charge < -0.3 is 0 Å². The van der Waals surface area contributed by atoms with Gasteiger partial charge in [0.15, 0.2) is 0 Å². The minimum Gasteiger partial charge on any atom is -0.0754 e. The third-order valence-corrected chi connectivity index (χ3v) is 23.3. The maximum absolute atomic E-state index is 2.87. The number of rotatable bonds is 6. The monoisotopic (exact) mass is 659 g/mol. The van der Waals surface area contributed by atoms with Crippen molar-refractivity contribution >= 4 is 16.1 Å². The first-order chi connectivity index (χ1) is 21.7. The van der Waals surface area contributed by atoms with Crippen molar-refractivity contribution in [3.8, 4) is 0 Å². The van der Waals surface area contributed by atoms with E-state index in [1.165, 1.54) is 103 Å². The van der Waals surface area contributed by atoms with E-state index in [1.54, 1.807) is 0 Å². The van der Waals surface area contributed by atoms with Crippen LogP contribution in [0.3, 0.4) is 0 Å². The molecule has 4 saturated carbocycles. The van der Waals surface area contributed by atoms with E-state index in [4.69, 9.17) is 0 Å².